The van der Waals surface area contributed by atoms with Crippen LogP contribution in [0.2, 0.25) is 0 Å². The molecule has 2 N–H and O–H groups in total. The summed E-state index contributed by atoms with van der Waals surface area (Å²) in [6, 6.07) is 8.64. The SMILES string of the molecule is CCCNCCNCc1cccc(C)c1. The third-order valence-corrected chi connectivity index (χ3v) is 2.32. The molecule has 0 atom stereocenters. The van der Waals surface area contributed by atoms with Crippen LogP contribution in [0.5, 0.6) is 0 Å². The summed E-state index contributed by atoms with van der Waals surface area (Å²) in [4.78, 5) is 0. The Morgan fingerprint density at radius 3 is 2.60 bits per heavy atom. The zero-order chi connectivity index (χ0) is 10.9. The van der Waals surface area contributed by atoms with Gasteiger partial charge < -0.3 is 10.6 Å². The van der Waals surface area contributed by atoms with Gasteiger partial charge >= 0.3 is 0 Å². The Bertz CT molecular complexity index is 271. The molecule has 2 nitrogen and oxygen atoms in total. The molecule has 0 saturated heterocycles. The van der Waals surface area contributed by atoms with Gasteiger partial charge in [-0.2, -0.15) is 0 Å². The average molecular weight is 206 g/mol. The second-order valence-corrected chi connectivity index (χ2v) is 3.92. The Morgan fingerprint density at radius 1 is 1.07 bits per heavy atom. The van der Waals surface area contributed by atoms with Crippen molar-refractivity contribution in [1.82, 2.24) is 10.6 Å². The summed E-state index contributed by atoms with van der Waals surface area (Å²) in [5, 5.41) is 6.80. The van der Waals surface area contributed by atoms with E-state index in [1.165, 1.54) is 17.5 Å². The third kappa shape index (κ3) is 5.55. The molecule has 84 valence electrons. The number of aryl methyl sites for hydroxylation is 1. The monoisotopic (exact) mass is 206 g/mol. The van der Waals surface area contributed by atoms with Gasteiger partial charge in [0.25, 0.3) is 0 Å². The molecule has 0 saturated carbocycles. The summed E-state index contributed by atoms with van der Waals surface area (Å²) in [7, 11) is 0. The zero-order valence-corrected chi connectivity index (χ0v) is 9.84. The number of hydrogen-bond donors (Lipinski definition) is 2. The minimum Gasteiger partial charge on any atom is -0.315 e. The van der Waals surface area contributed by atoms with Crippen molar-refractivity contribution in [3.8, 4) is 0 Å². The summed E-state index contributed by atoms with van der Waals surface area (Å²) >= 11 is 0. The lowest BCUT2D eigenvalue weighted by Crippen LogP contribution is -2.27. The van der Waals surface area contributed by atoms with Crippen molar-refractivity contribution in [2.24, 2.45) is 0 Å². The average Bonchev–Trinajstić information content (AvgIpc) is 2.23. The summed E-state index contributed by atoms with van der Waals surface area (Å²) in [5.74, 6) is 0. The van der Waals surface area contributed by atoms with Crippen LogP contribution in [-0.4, -0.2) is 19.6 Å². The molecule has 0 radical (unpaired) electrons. The highest BCUT2D eigenvalue weighted by molar-refractivity contribution is 5.21. The first kappa shape index (κ1) is 12.2. The highest BCUT2D eigenvalue weighted by Gasteiger charge is 1.92. The van der Waals surface area contributed by atoms with E-state index in [-0.39, 0.29) is 0 Å². The van der Waals surface area contributed by atoms with E-state index < -0.39 is 0 Å². The second kappa shape index (κ2) is 7.43. The molecular weight excluding hydrogens is 184 g/mol. The third-order valence-electron chi connectivity index (χ3n) is 2.32. The highest BCUT2D eigenvalue weighted by atomic mass is 14.9. The Balaban J connectivity index is 2.10. The van der Waals surface area contributed by atoms with Crippen LogP contribution in [0.1, 0.15) is 24.5 Å². The van der Waals surface area contributed by atoms with Crippen molar-refractivity contribution < 1.29 is 0 Å². The molecule has 0 fully saturated rings. The van der Waals surface area contributed by atoms with Gasteiger partial charge in [-0.3, -0.25) is 0 Å². The Labute approximate surface area is 93.1 Å². The van der Waals surface area contributed by atoms with Crippen molar-refractivity contribution in [3.05, 3.63) is 35.4 Å². The molecule has 0 bridgehead atoms. The predicted molar refractivity (Wildman–Crippen MR) is 66.0 cm³/mol. The van der Waals surface area contributed by atoms with Crippen molar-refractivity contribution >= 4 is 0 Å². The van der Waals surface area contributed by atoms with Crippen molar-refractivity contribution in [2.45, 2.75) is 26.8 Å². The topological polar surface area (TPSA) is 24.1 Å². The van der Waals surface area contributed by atoms with Crippen LogP contribution in [0.25, 0.3) is 0 Å². The van der Waals surface area contributed by atoms with Crippen LogP contribution in [-0.2, 0) is 6.54 Å². The molecule has 1 aromatic carbocycles. The second-order valence-electron chi connectivity index (χ2n) is 3.92. The minimum atomic E-state index is 0.968. The molecule has 0 spiro atoms. The molecule has 0 aromatic heterocycles. The number of hydrogen-bond acceptors (Lipinski definition) is 2. The van der Waals surface area contributed by atoms with E-state index >= 15 is 0 Å². The first-order chi connectivity index (χ1) is 7.33. The Morgan fingerprint density at radius 2 is 1.87 bits per heavy atom. The molecular formula is C13H22N2. The van der Waals surface area contributed by atoms with E-state index in [0.29, 0.717) is 0 Å². The normalized spacial score (nSPS) is 10.5. The summed E-state index contributed by atoms with van der Waals surface area (Å²) in [6.07, 6.45) is 1.21. The standard InChI is InChI=1S/C13H22N2/c1-3-7-14-8-9-15-11-13-6-4-5-12(2)10-13/h4-6,10,14-15H,3,7-9,11H2,1-2H3. The minimum absolute atomic E-state index is 0.968. The molecule has 0 amide bonds. The van der Waals surface area contributed by atoms with Crippen LogP contribution < -0.4 is 10.6 Å². The maximum absolute atomic E-state index is 3.43. The van der Waals surface area contributed by atoms with E-state index in [1.807, 2.05) is 0 Å². The summed E-state index contributed by atoms with van der Waals surface area (Å²) in [5.41, 5.74) is 2.70. The van der Waals surface area contributed by atoms with Gasteiger partial charge in [0, 0.05) is 19.6 Å². The molecule has 0 aliphatic rings. The predicted octanol–water partition coefficient (Wildman–Crippen LogP) is 2.08. The molecule has 0 aliphatic heterocycles. The summed E-state index contributed by atoms with van der Waals surface area (Å²) < 4.78 is 0. The van der Waals surface area contributed by atoms with Gasteiger partial charge in [0.15, 0.2) is 0 Å². The van der Waals surface area contributed by atoms with Crippen molar-refractivity contribution in [2.75, 3.05) is 19.6 Å². The van der Waals surface area contributed by atoms with Gasteiger partial charge in [-0.05, 0) is 25.5 Å². The molecule has 1 aromatic rings. The Hall–Kier alpha value is -0.860. The smallest absolute Gasteiger partial charge is 0.0206 e. The van der Waals surface area contributed by atoms with Crippen LogP contribution in [0.3, 0.4) is 0 Å². The van der Waals surface area contributed by atoms with Crippen molar-refractivity contribution in [3.63, 3.8) is 0 Å². The fourth-order valence-corrected chi connectivity index (χ4v) is 1.53. The van der Waals surface area contributed by atoms with Gasteiger partial charge in [-0.1, -0.05) is 36.8 Å². The molecule has 1 rings (SSSR count). The van der Waals surface area contributed by atoms with Crippen LogP contribution >= 0.6 is 0 Å². The molecule has 0 unspecified atom stereocenters. The molecule has 15 heavy (non-hydrogen) atoms. The maximum Gasteiger partial charge on any atom is 0.0206 e. The van der Waals surface area contributed by atoms with Crippen LogP contribution in [0.4, 0.5) is 0 Å². The molecule has 0 aliphatic carbocycles. The van der Waals surface area contributed by atoms with Gasteiger partial charge in [0.2, 0.25) is 0 Å². The van der Waals surface area contributed by atoms with E-state index in [2.05, 4.69) is 48.7 Å². The number of benzene rings is 1. The van der Waals surface area contributed by atoms with E-state index in [1.54, 1.807) is 0 Å². The Kier molecular flexibility index (Phi) is 6.05. The fourth-order valence-electron chi connectivity index (χ4n) is 1.53. The summed E-state index contributed by atoms with van der Waals surface area (Å²) in [6.45, 7) is 8.49. The first-order valence-electron chi connectivity index (χ1n) is 5.80. The quantitative estimate of drug-likeness (QED) is 0.667. The highest BCUT2D eigenvalue weighted by Crippen LogP contribution is 2.02. The number of nitrogens with one attached hydrogen (secondary N) is 2. The zero-order valence-electron chi connectivity index (χ0n) is 9.84. The van der Waals surface area contributed by atoms with Gasteiger partial charge in [0.1, 0.15) is 0 Å². The largest absolute Gasteiger partial charge is 0.315 e. The van der Waals surface area contributed by atoms with E-state index in [4.69, 9.17) is 0 Å². The van der Waals surface area contributed by atoms with Gasteiger partial charge in [-0.25, -0.2) is 0 Å². The lowest BCUT2D eigenvalue weighted by Gasteiger charge is -2.06. The van der Waals surface area contributed by atoms with Gasteiger partial charge in [-0.15, -0.1) is 0 Å². The van der Waals surface area contributed by atoms with E-state index in [9.17, 15) is 0 Å². The number of rotatable bonds is 7. The lowest BCUT2D eigenvalue weighted by atomic mass is 10.1. The van der Waals surface area contributed by atoms with Crippen LogP contribution in [0.15, 0.2) is 24.3 Å². The van der Waals surface area contributed by atoms with Crippen LogP contribution in [0, 0.1) is 6.92 Å². The van der Waals surface area contributed by atoms with Gasteiger partial charge in [0.05, 0.1) is 0 Å². The fraction of sp³-hybridized carbons (Fsp3) is 0.538. The lowest BCUT2D eigenvalue weighted by molar-refractivity contribution is 0.606. The van der Waals surface area contributed by atoms with Crippen molar-refractivity contribution in [1.29, 1.82) is 0 Å². The first-order valence-corrected chi connectivity index (χ1v) is 5.80. The molecule has 2 heteroatoms. The van der Waals surface area contributed by atoms with E-state index in [0.717, 1.165) is 26.2 Å². The maximum atomic E-state index is 3.43. The molecule has 0 heterocycles.